The van der Waals surface area contributed by atoms with E-state index < -0.39 is 4.92 Å². The number of nitro groups is 1. The number of halogens is 1. The summed E-state index contributed by atoms with van der Waals surface area (Å²) in [4.78, 5) is 10.5. The SMILES string of the molecule is O=[N+]([O-])c1ccccc1NC(=S)N/N=C\c1cc(Cl)c2c(c1)OCO2. The van der Waals surface area contributed by atoms with Crippen molar-refractivity contribution >= 4 is 46.5 Å². The Morgan fingerprint density at radius 2 is 2.16 bits per heavy atom. The summed E-state index contributed by atoms with van der Waals surface area (Å²) in [7, 11) is 0. The van der Waals surface area contributed by atoms with Gasteiger partial charge in [-0.15, -0.1) is 0 Å². The van der Waals surface area contributed by atoms with Gasteiger partial charge in [0.15, 0.2) is 16.6 Å². The number of fused-ring (bicyclic) bond motifs is 1. The van der Waals surface area contributed by atoms with Crippen LogP contribution in [0.3, 0.4) is 0 Å². The van der Waals surface area contributed by atoms with Gasteiger partial charge in [-0.05, 0) is 36.0 Å². The Morgan fingerprint density at radius 1 is 1.36 bits per heavy atom. The lowest BCUT2D eigenvalue weighted by molar-refractivity contribution is -0.383. The smallest absolute Gasteiger partial charge is 0.292 e. The fourth-order valence-corrected chi connectivity index (χ4v) is 2.55. The Labute approximate surface area is 152 Å². The van der Waals surface area contributed by atoms with Gasteiger partial charge in [0.05, 0.1) is 16.2 Å². The minimum absolute atomic E-state index is 0.0850. The molecule has 3 rings (SSSR count). The number of ether oxygens (including phenoxy) is 2. The van der Waals surface area contributed by atoms with E-state index in [1.165, 1.54) is 12.3 Å². The van der Waals surface area contributed by atoms with Crippen molar-refractivity contribution in [1.29, 1.82) is 0 Å². The van der Waals surface area contributed by atoms with Crippen LogP contribution in [0.2, 0.25) is 5.02 Å². The topological polar surface area (TPSA) is 98.0 Å². The molecule has 0 amide bonds. The van der Waals surface area contributed by atoms with Gasteiger partial charge >= 0.3 is 0 Å². The molecular weight excluding hydrogens is 368 g/mol. The van der Waals surface area contributed by atoms with Crippen LogP contribution >= 0.6 is 23.8 Å². The van der Waals surface area contributed by atoms with Crippen molar-refractivity contribution in [2.75, 3.05) is 12.1 Å². The molecule has 10 heteroatoms. The van der Waals surface area contributed by atoms with E-state index in [-0.39, 0.29) is 23.3 Å². The quantitative estimate of drug-likeness (QED) is 0.364. The molecule has 1 aliphatic rings. The lowest BCUT2D eigenvalue weighted by Gasteiger charge is -2.07. The van der Waals surface area contributed by atoms with Crippen LogP contribution in [0, 0.1) is 10.1 Å². The third-order valence-corrected chi connectivity index (χ3v) is 3.65. The first kappa shape index (κ1) is 16.9. The first-order valence-electron chi connectivity index (χ1n) is 6.97. The number of para-hydroxylation sites is 2. The highest BCUT2D eigenvalue weighted by Crippen LogP contribution is 2.39. The molecule has 0 saturated heterocycles. The predicted molar refractivity (Wildman–Crippen MR) is 97.6 cm³/mol. The summed E-state index contributed by atoms with van der Waals surface area (Å²) < 4.78 is 10.5. The maximum absolute atomic E-state index is 11.0. The molecule has 128 valence electrons. The van der Waals surface area contributed by atoms with Crippen LogP contribution in [0.25, 0.3) is 0 Å². The molecule has 0 unspecified atom stereocenters. The first-order valence-corrected chi connectivity index (χ1v) is 7.76. The Kier molecular flexibility index (Phi) is 4.96. The van der Waals surface area contributed by atoms with Crippen molar-refractivity contribution in [3.05, 3.63) is 57.1 Å². The van der Waals surface area contributed by atoms with Crippen molar-refractivity contribution in [1.82, 2.24) is 5.43 Å². The molecule has 2 aromatic rings. The minimum Gasteiger partial charge on any atom is -0.454 e. The van der Waals surface area contributed by atoms with Crippen LogP contribution in [0.1, 0.15) is 5.56 Å². The number of benzene rings is 2. The molecular formula is C15H11ClN4O4S. The highest BCUT2D eigenvalue weighted by molar-refractivity contribution is 7.80. The van der Waals surface area contributed by atoms with Crippen LogP contribution in [-0.2, 0) is 0 Å². The molecule has 0 spiro atoms. The average molecular weight is 379 g/mol. The summed E-state index contributed by atoms with van der Waals surface area (Å²) in [6.45, 7) is 0.123. The molecule has 0 fully saturated rings. The van der Waals surface area contributed by atoms with Gasteiger partial charge in [0.2, 0.25) is 6.79 Å². The highest BCUT2D eigenvalue weighted by atomic mass is 35.5. The molecule has 2 N–H and O–H groups in total. The molecule has 0 saturated carbocycles. The number of anilines is 1. The normalized spacial score (nSPS) is 12.2. The summed E-state index contributed by atoms with van der Waals surface area (Å²) >= 11 is 11.2. The molecule has 25 heavy (non-hydrogen) atoms. The van der Waals surface area contributed by atoms with E-state index in [1.54, 1.807) is 30.3 Å². The van der Waals surface area contributed by atoms with E-state index in [4.69, 9.17) is 33.3 Å². The van der Waals surface area contributed by atoms with E-state index in [9.17, 15) is 10.1 Å². The van der Waals surface area contributed by atoms with Gasteiger partial charge in [0, 0.05) is 6.07 Å². The highest BCUT2D eigenvalue weighted by Gasteiger charge is 2.17. The van der Waals surface area contributed by atoms with Crippen molar-refractivity contribution in [3.8, 4) is 11.5 Å². The largest absolute Gasteiger partial charge is 0.454 e. The van der Waals surface area contributed by atoms with Crippen LogP contribution < -0.4 is 20.2 Å². The molecule has 0 radical (unpaired) electrons. The van der Waals surface area contributed by atoms with Crippen molar-refractivity contribution in [3.63, 3.8) is 0 Å². The maximum Gasteiger partial charge on any atom is 0.292 e. The second kappa shape index (κ2) is 7.32. The number of nitrogens with zero attached hydrogens (tertiary/aromatic N) is 2. The standard InChI is InChI=1S/C15H11ClN4O4S/c16-10-5-9(6-13-14(10)24-8-23-13)7-17-19-15(25)18-11-3-1-2-4-12(11)20(21)22/h1-7H,8H2,(H2,18,19,25)/b17-7-. The van der Waals surface area contributed by atoms with Crippen LogP contribution in [-0.4, -0.2) is 23.0 Å². The third kappa shape index (κ3) is 3.95. The van der Waals surface area contributed by atoms with E-state index in [2.05, 4.69) is 15.8 Å². The van der Waals surface area contributed by atoms with E-state index in [0.717, 1.165) is 0 Å². The Hall–Kier alpha value is -2.91. The minimum atomic E-state index is -0.497. The van der Waals surface area contributed by atoms with Gasteiger partial charge in [-0.3, -0.25) is 15.5 Å². The second-order valence-corrected chi connectivity index (χ2v) is 5.65. The van der Waals surface area contributed by atoms with Crippen molar-refractivity contribution in [2.24, 2.45) is 5.10 Å². The summed E-state index contributed by atoms with van der Waals surface area (Å²) in [5.41, 5.74) is 3.45. The number of nitro benzene ring substituents is 1. The van der Waals surface area contributed by atoms with Crippen molar-refractivity contribution < 1.29 is 14.4 Å². The number of thiocarbonyl (C=S) groups is 1. The van der Waals surface area contributed by atoms with Gasteiger partial charge in [0.25, 0.3) is 5.69 Å². The molecule has 1 aliphatic heterocycles. The van der Waals surface area contributed by atoms with Gasteiger partial charge in [-0.2, -0.15) is 5.10 Å². The molecule has 0 aromatic heterocycles. The Morgan fingerprint density at radius 3 is 2.96 bits per heavy atom. The number of hydrazone groups is 1. The summed E-state index contributed by atoms with van der Waals surface area (Å²) in [6, 6.07) is 9.55. The third-order valence-electron chi connectivity index (χ3n) is 3.18. The van der Waals surface area contributed by atoms with Gasteiger partial charge in [-0.1, -0.05) is 23.7 Å². The van der Waals surface area contributed by atoms with E-state index >= 15 is 0 Å². The molecule has 0 aliphatic carbocycles. The predicted octanol–water partition coefficient (Wildman–Crippen LogP) is 3.30. The fourth-order valence-electron chi connectivity index (χ4n) is 2.12. The second-order valence-electron chi connectivity index (χ2n) is 4.83. The summed E-state index contributed by atoms with van der Waals surface area (Å²) in [5, 5.41) is 18.2. The molecule has 2 aromatic carbocycles. The lowest BCUT2D eigenvalue weighted by atomic mass is 10.2. The van der Waals surface area contributed by atoms with Crippen LogP contribution in [0.4, 0.5) is 11.4 Å². The van der Waals surface area contributed by atoms with E-state index in [0.29, 0.717) is 22.1 Å². The average Bonchev–Trinajstić information content (AvgIpc) is 3.04. The zero-order valence-corrected chi connectivity index (χ0v) is 14.1. The molecule has 0 bridgehead atoms. The Bertz CT molecular complexity index is 875. The summed E-state index contributed by atoms with van der Waals surface area (Å²) in [5.74, 6) is 1.04. The zero-order valence-electron chi connectivity index (χ0n) is 12.6. The first-order chi connectivity index (χ1) is 12.0. The van der Waals surface area contributed by atoms with Gasteiger partial charge in [0.1, 0.15) is 5.69 Å². The number of rotatable bonds is 4. The number of hydrogen-bond acceptors (Lipinski definition) is 6. The van der Waals surface area contributed by atoms with Gasteiger partial charge < -0.3 is 14.8 Å². The zero-order chi connectivity index (χ0) is 17.8. The number of nitrogens with one attached hydrogen (secondary N) is 2. The summed E-state index contributed by atoms with van der Waals surface area (Å²) in [6.07, 6.45) is 1.49. The molecule has 1 heterocycles. The monoisotopic (exact) mass is 378 g/mol. The number of hydrogen-bond donors (Lipinski definition) is 2. The lowest BCUT2D eigenvalue weighted by Crippen LogP contribution is -2.24. The van der Waals surface area contributed by atoms with E-state index in [1.807, 2.05) is 0 Å². The Balaban J connectivity index is 1.64. The van der Waals surface area contributed by atoms with Crippen molar-refractivity contribution in [2.45, 2.75) is 0 Å². The fraction of sp³-hybridized carbons (Fsp3) is 0.0667. The van der Waals surface area contributed by atoms with Crippen LogP contribution in [0.15, 0.2) is 41.5 Å². The van der Waals surface area contributed by atoms with Crippen LogP contribution in [0.5, 0.6) is 11.5 Å². The molecule has 0 atom stereocenters. The van der Waals surface area contributed by atoms with Gasteiger partial charge in [-0.25, -0.2) is 0 Å². The maximum atomic E-state index is 11.0. The molecule has 8 nitrogen and oxygen atoms in total.